The number of esters is 1. The molecule has 0 spiro atoms. The maximum absolute atomic E-state index is 13.5. The number of aliphatic hydroxyl groups is 7. The van der Waals surface area contributed by atoms with E-state index in [1.165, 1.54) is 37.5 Å². The molecule has 0 aliphatic carbocycles. The summed E-state index contributed by atoms with van der Waals surface area (Å²) in [4.78, 5) is 26.0. The van der Waals surface area contributed by atoms with Gasteiger partial charge in [-0.25, -0.2) is 4.79 Å². The highest BCUT2D eigenvalue weighted by atomic mass is 16.7. The van der Waals surface area contributed by atoms with Gasteiger partial charge in [0.15, 0.2) is 28.4 Å². The van der Waals surface area contributed by atoms with Crippen molar-refractivity contribution in [1.29, 1.82) is 0 Å². The number of hydrogen-bond acceptors (Lipinski definition) is 19. The molecule has 6 rings (SSSR count). The lowest BCUT2D eigenvalue weighted by molar-refractivity contribution is -0.279. The van der Waals surface area contributed by atoms with Gasteiger partial charge in [0.2, 0.25) is 6.29 Å². The van der Waals surface area contributed by atoms with E-state index in [-0.39, 0.29) is 22.8 Å². The number of rotatable bonds is 10. The molecule has 0 radical (unpaired) electrons. The average Bonchev–Trinajstić information content (AvgIpc) is 3.17. The Morgan fingerprint density at radius 3 is 2.16 bits per heavy atom. The Balaban J connectivity index is 1.34. The minimum Gasteiger partial charge on any atom is -0.506 e. The first-order chi connectivity index (χ1) is 26.6. The Labute approximate surface area is 315 Å². The highest BCUT2D eigenvalue weighted by Gasteiger charge is 2.49. The third kappa shape index (κ3) is 7.80. The molecule has 3 aromatic carbocycles. The van der Waals surface area contributed by atoms with Gasteiger partial charge in [-0.1, -0.05) is 6.07 Å². The summed E-state index contributed by atoms with van der Waals surface area (Å²) in [6.45, 7) is -1.57. The third-order valence-electron chi connectivity index (χ3n) is 9.35. The number of methoxy groups -OCH3 is 1. The summed E-state index contributed by atoms with van der Waals surface area (Å²) in [7, 11) is 1.34. The number of carbonyl (C=O) groups excluding carboxylic acids is 1. The SMILES string of the molecule is COc1cc(C=CC(=O)OCC2OC(Oc3cc4oc(-c5ccc(O)c(O)c5)cc(=O)c4c(O)c3C3OC(CO)C(O)C(O)C3O)C(O)C(O)C2O)ccc1O. The first-order valence-electron chi connectivity index (χ1n) is 16.9. The van der Waals surface area contributed by atoms with Crippen LogP contribution in [0.3, 0.4) is 0 Å². The van der Waals surface area contributed by atoms with Crippen molar-refractivity contribution in [1.82, 2.24) is 0 Å². The van der Waals surface area contributed by atoms with Gasteiger partial charge >= 0.3 is 5.97 Å². The van der Waals surface area contributed by atoms with Crippen molar-refractivity contribution in [3.63, 3.8) is 0 Å². The van der Waals surface area contributed by atoms with Crippen molar-refractivity contribution < 1.29 is 89.1 Å². The molecule has 2 aliphatic heterocycles. The lowest BCUT2D eigenvalue weighted by Crippen LogP contribution is -2.60. The van der Waals surface area contributed by atoms with Gasteiger partial charge in [-0.15, -0.1) is 0 Å². The van der Waals surface area contributed by atoms with Gasteiger partial charge < -0.3 is 84.3 Å². The average molecular weight is 787 g/mol. The standard InChI is InChI=1S/C37H38O19/c1-51-21-8-14(2-5-17(21)40)3-7-26(43)52-13-25-30(45)33(48)35(50)37(56-25)55-23-11-22-27(19(42)10-20(53-22)15-4-6-16(39)18(41)9-15)31(46)28(23)36-34(49)32(47)29(44)24(12-38)54-36/h2-11,24-25,29-30,32-41,44-50H,12-13H2,1H3. The zero-order valence-electron chi connectivity index (χ0n) is 29.1. The number of carbonyl (C=O) groups is 1. The molecule has 1 aromatic heterocycles. The van der Waals surface area contributed by atoms with Crippen LogP contribution in [0.15, 0.2) is 63.8 Å². The minimum atomic E-state index is -2.04. The molecule has 300 valence electrons. The number of aromatic hydroxyl groups is 4. The van der Waals surface area contributed by atoms with Crippen LogP contribution in [0.1, 0.15) is 17.2 Å². The van der Waals surface area contributed by atoms with Crippen molar-refractivity contribution in [3.8, 4) is 45.8 Å². The van der Waals surface area contributed by atoms with E-state index in [0.29, 0.717) is 5.56 Å². The fourth-order valence-corrected chi connectivity index (χ4v) is 6.28. The number of hydrogen-bond donors (Lipinski definition) is 11. The summed E-state index contributed by atoms with van der Waals surface area (Å²) < 4.78 is 33.3. The number of benzene rings is 3. The van der Waals surface area contributed by atoms with E-state index in [1.807, 2.05) is 0 Å². The first-order valence-corrected chi connectivity index (χ1v) is 16.9. The molecule has 3 heterocycles. The molecule has 0 bridgehead atoms. The quantitative estimate of drug-likeness (QED) is 0.0535. The molecule has 10 atom stereocenters. The highest BCUT2D eigenvalue weighted by Crippen LogP contribution is 2.46. The van der Waals surface area contributed by atoms with Gasteiger partial charge in [-0.3, -0.25) is 4.79 Å². The molecule has 56 heavy (non-hydrogen) atoms. The van der Waals surface area contributed by atoms with Crippen molar-refractivity contribution in [2.45, 2.75) is 61.2 Å². The van der Waals surface area contributed by atoms with Gasteiger partial charge in [-0.2, -0.15) is 0 Å². The zero-order valence-corrected chi connectivity index (χ0v) is 29.1. The Morgan fingerprint density at radius 1 is 0.768 bits per heavy atom. The van der Waals surface area contributed by atoms with Crippen LogP contribution in [0.5, 0.6) is 34.5 Å². The van der Waals surface area contributed by atoms with Crippen molar-refractivity contribution >= 4 is 23.0 Å². The van der Waals surface area contributed by atoms with Crippen LogP contribution in [0, 0.1) is 0 Å². The van der Waals surface area contributed by atoms with E-state index in [2.05, 4.69) is 0 Å². The van der Waals surface area contributed by atoms with Crippen LogP contribution in [-0.4, -0.2) is 138 Å². The first kappa shape index (κ1) is 40.2. The maximum Gasteiger partial charge on any atom is 0.330 e. The Bertz CT molecular complexity index is 2160. The lowest BCUT2D eigenvalue weighted by Gasteiger charge is -2.42. The molecule has 19 heteroatoms. The van der Waals surface area contributed by atoms with E-state index in [4.69, 9.17) is 28.1 Å². The Kier molecular flexibility index (Phi) is 11.7. The number of phenolic OH excluding ortho intramolecular Hbond substituents is 4. The second-order valence-electron chi connectivity index (χ2n) is 13.0. The molecule has 2 aliphatic rings. The Morgan fingerprint density at radius 2 is 1.46 bits per heavy atom. The van der Waals surface area contributed by atoms with Crippen LogP contribution >= 0.6 is 0 Å². The van der Waals surface area contributed by atoms with Gasteiger partial charge in [0.05, 0.1) is 19.3 Å². The minimum absolute atomic E-state index is 0.109. The normalized spacial score (nSPS) is 28.0. The third-order valence-corrected chi connectivity index (χ3v) is 9.35. The second kappa shape index (κ2) is 16.3. The second-order valence-corrected chi connectivity index (χ2v) is 13.0. The van der Waals surface area contributed by atoms with Crippen LogP contribution in [0.4, 0.5) is 0 Å². The molecule has 2 fully saturated rings. The monoisotopic (exact) mass is 786 g/mol. The Hall–Kier alpha value is -5.48. The molecule has 19 nitrogen and oxygen atoms in total. The summed E-state index contributed by atoms with van der Waals surface area (Å²) in [5.74, 6) is -3.60. The van der Waals surface area contributed by atoms with E-state index < -0.39 is 125 Å². The highest BCUT2D eigenvalue weighted by molar-refractivity contribution is 5.89. The summed E-state index contributed by atoms with van der Waals surface area (Å²) >= 11 is 0. The number of fused-ring (bicyclic) bond motifs is 1. The molecule has 10 unspecified atom stereocenters. The summed E-state index contributed by atoms with van der Waals surface area (Å²) in [5.41, 5.74) is -1.27. The van der Waals surface area contributed by atoms with Crippen molar-refractivity contribution in [2.24, 2.45) is 0 Å². The number of phenols is 4. The van der Waals surface area contributed by atoms with Crippen molar-refractivity contribution in [2.75, 3.05) is 20.3 Å². The van der Waals surface area contributed by atoms with Gasteiger partial charge in [0.25, 0.3) is 0 Å². The van der Waals surface area contributed by atoms with Crippen LogP contribution in [0.25, 0.3) is 28.4 Å². The molecular formula is C37H38O19. The predicted octanol–water partition coefficient (Wildman–Crippen LogP) is -0.751. The zero-order chi connectivity index (χ0) is 40.6. The lowest BCUT2D eigenvalue weighted by atomic mass is 9.89. The fraction of sp³-hybridized carbons (Fsp3) is 0.351. The smallest absolute Gasteiger partial charge is 0.330 e. The van der Waals surface area contributed by atoms with Crippen molar-refractivity contribution in [3.05, 3.63) is 76.0 Å². The number of ether oxygens (including phenoxy) is 5. The van der Waals surface area contributed by atoms with Crippen LogP contribution in [0.2, 0.25) is 0 Å². The summed E-state index contributed by atoms with van der Waals surface area (Å²) in [5, 5.41) is 115. The molecular weight excluding hydrogens is 748 g/mol. The van der Waals surface area contributed by atoms with Gasteiger partial charge in [0.1, 0.15) is 89.8 Å². The number of aliphatic hydroxyl groups excluding tert-OH is 7. The largest absolute Gasteiger partial charge is 0.506 e. The maximum atomic E-state index is 13.5. The van der Waals surface area contributed by atoms with E-state index in [9.17, 15) is 65.8 Å². The topological polar surface area (TPSA) is 316 Å². The predicted molar refractivity (Wildman–Crippen MR) is 188 cm³/mol. The van der Waals surface area contributed by atoms with Crippen LogP contribution in [-0.2, 0) is 19.0 Å². The van der Waals surface area contributed by atoms with Crippen LogP contribution < -0.4 is 14.9 Å². The molecule has 0 amide bonds. The van der Waals surface area contributed by atoms with E-state index in [1.54, 1.807) is 0 Å². The van der Waals surface area contributed by atoms with Gasteiger partial charge in [-0.05, 0) is 42.0 Å². The summed E-state index contributed by atoms with van der Waals surface area (Å²) in [6, 6.07) is 9.75. The molecule has 4 aromatic rings. The fourth-order valence-electron chi connectivity index (χ4n) is 6.28. The van der Waals surface area contributed by atoms with Gasteiger partial charge in [0, 0.05) is 23.8 Å². The summed E-state index contributed by atoms with van der Waals surface area (Å²) in [6.07, 6.45) is -16.2. The molecule has 2 saturated heterocycles. The van der Waals surface area contributed by atoms with E-state index in [0.717, 1.165) is 30.3 Å². The van der Waals surface area contributed by atoms with E-state index >= 15 is 0 Å². The molecule has 0 saturated carbocycles. The molecule has 11 N–H and O–H groups in total.